The van der Waals surface area contributed by atoms with Gasteiger partial charge in [0.05, 0.1) is 0 Å². The molecule has 8 nitrogen and oxygen atoms in total. The van der Waals surface area contributed by atoms with E-state index in [4.69, 9.17) is 9.84 Å². The van der Waals surface area contributed by atoms with Crippen LogP contribution >= 0.6 is 0 Å². The van der Waals surface area contributed by atoms with E-state index in [2.05, 4.69) is 10.1 Å². The number of hydrogen-bond donors (Lipinski definition) is 1. The lowest BCUT2D eigenvalue weighted by Gasteiger charge is -2.29. The predicted octanol–water partition coefficient (Wildman–Crippen LogP) is 1.77. The fourth-order valence-electron chi connectivity index (χ4n) is 2.45. The van der Waals surface area contributed by atoms with Crippen LogP contribution < -0.4 is 4.90 Å². The second-order valence-corrected chi connectivity index (χ2v) is 5.48. The molecule has 0 saturated heterocycles. The number of anilines is 1. The SMILES string of the molecule is CC1CN(C(=O)OCc2ccccc2)c2nc(C(=O)O)nn2C1. The molecule has 0 saturated carbocycles. The van der Waals surface area contributed by atoms with Gasteiger partial charge in [-0.3, -0.25) is 0 Å². The van der Waals surface area contributed by atoms with E-state index in [1.165, 1.54) is 9.58 Å². The highest BCUT2D eigenvalue weighted by molar-refractivity contribution is 5.88. The number of carboxylic acid groups (broad SMARTS) is 1. The number of aromatic carboxylic acids is 1. The molecule has 1 unspecified atom stereocenters. The van der Waals surface area contributed by atoms with Crippen LogP contribution in [-0.4, -0.2) is 38.5 Å². The standard InChI is InChI=1S/C15H16N4O4/c1-10-7-18(14-16-12(13(20)21)17-19(14)8-10)15(22)23-9-11-5-3-2-4-6-11/h2-6,10H,7-9H2,1H3,(H,20,21). The van der Waals surface area contributed by atoms with Crippen molar-refractivity contribution in [2.24, 2.45) is 5.92 Å². The molecule has 1 aliphatic rings. The van der Waals surface area contributed by atoms with Crippen LogP contribution in [0.2, 0.25) is 0 Å². The van der Waals surface area contributed by atoms with Gasteiger partial charge in [-0.25, -0.2) is 19.2 Å². The first-order valence-electron chi connectivity index (χ1n) is 7.21. The molecule has 0 radical (unpaired) electrons. The highest BCUT2D eigenvalue weighted by Crippen LogP contribution is 2.22. The van der Waals surface area contributed by atoms with E-state index >= 15 is 0 Å². The summed E-state index contributed by atoms with van der Waals surface area (Å²) in [5, 5.41) is 12.9. The first-order chi connectivity index (χ1) is 11.0. The molecular formula is C15H16N4O4. The summed E-state index contributed by atoms with van der Waals surface area (Å²) in [5.74, 6) is -1.22. The van der Waals surface area contributed by atoms with Crippen LogP contribution in [0.25, 0.3) is 0 Å². The Kier molecular flexibility index (Phi) is 3.96. The largest absolute Gasteiger partial charge is 0.475 e. The van der Waals surface area contributed by atoms with Gasteiger partial charge in [0.1, 0.15) is 6.61 Å². The summed E-state index contributed by atoms with van der Waals surface area (Å²) in [7, 11) is 0. The van der Waals surface area contributed by atoms with Crippen LogP contribution in [0.5, 0.6) is 0 Å². The summed E-state index contributed by atoms with van der Waals surface area (Å²) in [5.41, 5.74) is 0.874. The number of fused-ring (bicyclic) bond motifs is 1. The first-order valence-corrected chi connectivity index (χ1v) is 7.21. The molecule has 2 aromatic rings. The molecule has 0 aliphatic carbocycles. The fraction of sp³-hybridized carbons (Fsp3) is 0.333. The molecule has 1 amide bonds. The molecule has 1 atom stereocenters. The molecule has 120 valence electrons. The zero-order valence-corrected chi connectivity index (χ0v) is 12.5. The highest BCUT2D eigenvalue weighted by Gasteiger charge is 2.32. The van der Waals surface area contributed by atoms with E-state index in [1.807, 2.05) is 37.3 Å². The van der Waals surface area contributed by atoms with Crippen molar-refractivity contribution in [2.75, 3.05) is 11.4 Å². The smallest absolute Gasteiger partial charge is 0.417 e. The van der Waals surface area contributed by atoms with Crippen molar-refractivity contribution in [3.63, 3.8) is 0 Å². The number of rotatable bonds is 3. The summed E-state index contributed by atoms with van der Waals surface area (Å²) >= 11 is 0. The second kappa shape index (κ2) is 6.07. The highest BCUT2D eigenvalue weighted by atomic mass is 16.6. The molecule has 1 N–H and O–H groups in total. The Balaban J connectivity index is 1.77. The Morgan fingerprint density at radius 1 is 1.30 bits per heavy atom. The number of benzene rings is 1. The van der Waals surface area contributed by atoms with E-state index in [-0.39, 0.29) is 24.3 Å². The quantitative estimate of drug-likeness (QED) is 0.926. The number of amides is 1. The number of carboxylic acids is 1. The van der Waals surface area contributed by atoms with Crippen LogP contribution in [-0.2, 0) is 17.9 Å². The molecule has 23 heavy (non-hydrogen) atoms. The molecule has 1 aliphatic heterocycles. The van der Waals surface area contributed by atoms with Gasteiger partial charge in [-0.15, -0.1) is 5.10 Å². The lowest BCUT2D eigenvalue weighted by Crippen LogP contribution is -2.42. The van der Waals surface area contributed by atoms with Crippen molar-refractivity contribution in [3.8, 4) is 0 Å². The van der Waals surface area contributed by atoms with E-state index in [0.29, 0.717) is 13.1 Å². The Bertz CT molecular complexity index is 728. The van der Waals surface area contributed by atoms with E-state index in [0.717, 1.165) is 5.56 Å². The van der Waals surface area contributed by atoms with Crippen LogP contribution in [0.3, 0.4) is 0 Å². The summed E-state index contributed by atoms with van der Waals surface area (Å²) in [6.07, 6.45) is -0.564. The van der Waals surface area contributed by atoms with Crippen molar-refractivity contribution in [3.05, 3.63) is 41.7 Å². The maximum absolute atomic E-state index is 12.3. The van der Waals surface area contributed by atoms with Gasteiger partial charge in [-0.05, 0) is 11.5 Å². The average Bonchev–Trinajstić information content (AvgIpc) is 2.97. The molecule has 2 heterocycles. The lowest BCUT2D eigenvalue weighted by atomic mass is 10.1. The third-order valence-electron chi connectivity index (χ3n) is 3.49. The van der Waals surface area contributed by atoms with E-state index < -0.39 is 12.1 Å². The maximum Gasteiger partial charge on any atom is 0.417 e. The molecule has 0 spiro atoms. The van der Waals surface area contributed by atoms with E-state index in [1.54, 1.807) is 0 Å². The van der Waals surface area contributed by atoms with Crippen molar-refractivity contribution < 1.29 is 19.4 Å². The Labute approximate surface area is 132 Å². The molecule has 3 rings (SSSR count). The third kappa shape index (κ3) is 3.15. The normalized spacial score (nSPS) is 16.7. The first kappa shape index (κ1) is 15.0. The number of nitrogens with zero attached hydrogens (tertiary/aromatic N) is 4. The van der Waals surface area contributed by atoms with Crippen molar-refractivity contribution in [2.45, 2.75) is 20.1 Å². The zero-order chi connectivity index (χ0) is 16.4. The average molecular weight is 316 g/mol. The van der Waals surface area contributed by atoms with Crippen molar-refractivity contribution in [1.82, 2.24) is 14.8 Å². The number of aromatic nitrogens is 3. The van der Waals surface area contributed by atoms with Crippen LogP contribution in [0.15, 0.2) is 30.3 Å². The van der Waals surface area contributed by atoms with Crippen LogP contribution in [0.1, 0.15) is 23.1 Å². The van der Waals surface area contributed by atoms with Gasteiger partial charge in [0, 0.05) is 13.1 Å². The summed E-state index contributed by atoms with van der Waals surface area (Å²) in [6, 6.07) is 9.33. The topological polar surface area (TPSA) is 97.6 Å². The molecule has 1 aromatic heterocycles. The minimum absolute atomic E-state index is 0.120. The molecular weight excluding hydrogens is 300 g/mol. The molecule has 0 bridgehead atoms. The van der Waals surface area contributed by atoms with Gasteiger partial charge in [0.25, 0.3) is 5.82 Å². The van der Waals surface area contributed by atoms with Gasteiger partial charge in [-0.2, -0.15) is 4.98 Å². The monoisotopic (exact) mass is 316 g/mol. The number of hydrogen-bond acceptors (Lipinski definition) is 5. The molecule has 8 heteroatoms. The molecule has 0 fully saturated rings. The summed E-state index contributed by atoms with van der Waals surface area (Å²) < 4.78 is 6.73. The second-order valence-electron chi connectivity index (χ2n) is 5.48. The van der Waals surface area contributed by atoms with Gasteiger partial charge in [0.15, 0.2) is 0 Å². The van der Waals surface area contributed by atoms with Crippen LogP contribution in [0.4, 0.5) is 10.7 Å². The fourth-order valence-corrected chi connectivity index (χ4v) is 2.45. The number of carbonyl (C=O) groups is 2. The Morgan fingerprint density at radius 3 is 2.74 bits per heavy atom. The van der Waals surface area contributed by atoms with Gasteiger partial charge >= 0.3 is 12.1 Å². The van der Waals surface area contributed by atoms with Gasteiger partial charge in [-0.1, -0.05) is 37.3 Å². The van der Waals surface area contributed by atoms with Gasteiger partial charge in [0.2, 0.25) is 5.95 Å². The summed E-state index contributed by atoms with van der Waals surface area (Å²) in [4.78, 5) is 28.6. The number of ether oxygens (including phenoxy) is 1. The predicted molar refractivity (Wildman–Crippen MR) is 80.1 cm³/mol. The van der Waals surface area contributed by atoms with E-state index in [9.17, 15) is 9.59 Å². The van der Waals surface area contributed by atoms with Gasteiger partial charge < -0.3 is 9.84 Å². The Hall–Kier alpha value is -2.90. The minimum atomic E-state index is -1.22. The van der Waals surface area contributed by atoms with Crippen molar-refractivity contribution in [1.29, 1.82) is 0 Å². The molecule has 1 aromatic carbocycles. The zero-order valence-electron chi connectivity index (χ0n) is 12.5. The maximum atomic E-state index is 12.3. The third-order valence-corrected chi connectivity index (χ3v) is 3.49. The minimum Gasteiger partial charge on any atom is -0.475 e. The van der Waals surface area contributed by atoms with Crippen LogP contribution in [0, 0.1) is 5.92 Å². The summed E-state index contributed by atoms with van der Waals surface area (Å²) in [6.45, 7) is 3.01. The van der Waals surface area contributed by atoms with Crippen molar-refractivity contribution >= 4 is 18.0 Å². The lowest BCUT2D eigenvalue weighted by molar-refractivity contribution is 0.0683. The number of carbonyl (C=O) groups excluding carboxylic acids is 1. The Morgan fingerprint density at radius 2 is 2.04 bits per heavy atom.